The zero-order valence-electron chi connectivity index (χ0n) is 23.0. The summed E-state index contributed by atoms with van der Waals surface area (Å²) in [5.74, 6) is 0.162. The molecule has 0 bridgehead atoms. The number of amides is 1. The Hall–Kier alpha value is -2.94. The van der Waals surface area contributed by atoms with Crippen molar-refractivity contribution in [2.45, 2.75) is 44.9 Å². The minimum Gasteiger partial charge on any atom is -0.353 e. The van der Waals surface area contributed by atoms with Gasteiger partial charge in [-0.15, -0.1) is 0 Å². The van der Waals surface area contributed by atoms with Crippen molar-refractivity contribution in [2.24, 2.45) is 0 Å². The van der Waals surface area contributed by atoms with Crippen molar-refractivity contribution in [3.05, 3.63) is 51.2 Å². The fraction of sp³-hybridized carbons (Fsp3) is 0.464. The molecule has 5 rings (SSSR count). The molecule has 1 unspecified atom stereocenters. The third-order valence-corrected chi connectivity index (χ3v) is 9.00. The second-order valence-electron chi connectivity index (χ2n) is 10.5. The minimum atomic E-state index is -4.51. The van der Waals surface area contributed by atoms with Crippen LogP contribution >= 0.6 is 27.3 Å². The number of thiazole rings is 1. The van der Waals surface area contributed by atoms with Crippen LogP contribution in [-0.4, -0.2) is 82.3 Å². The molecule has 4 heterocycles. The van der Waals surface area contributed by atoms with Gasteiger partial charge in [-0.3, -0.25) is 19.9 Å². The summed E-state index contributed by atoms with van der Waals surface area (Å²) in [6, 6.07) is 4.09. The number of alkyl halides is 3. The summed E-state index contributed by atoms with van der Waals surface area (Å²) in [5, 5.41) is 3.05. The number of nitrogens with one attached hydrogen (secondary N) is 1. The monoisotopic (exact) mass is 665 g/mol. The lowest BCUT2D eigenvalue weighted by Gasteiger charge is -2.34. The van der Waals surface area contributed by atoms with Gasteiger partial charge >= 0.3 is 6.18 Å². The Kier molecular flexibility index (Phi) is 9.55. The Balaban J connectivity index is 1.33. The maximum Gasteiger partial charge on any atom is 0.416 e. The summed E-state index contributed by atoms with van der Waals surface area (Å²) in [6.45, 7) is 7.39. The van der Waals surface area contributed by atoms with Crippen LogP contribution in [0.3, 0.4) is 0 Å². The molecule has 3 aromatic rings. The van der Waals surface area contributed by atoms with Crippen LogP contribution in [0.5, 0.6) is 0 Å². The van der Waals surface area contributed by atoms with Gasteiger partial charge in [0.25, 0.3) is 5.91 Å². The second-order valence-corrected chi connectivity index (χ2v) is 12.5. The number of aromatic nitrogens is 3. The maximum atomic E-state index is 13.6. The fourth-order valence-electron chi connectivity index (χ4n) is 5.24. The summed E-state index contributed by atoms with van der Waals surface area (Å²) >= 11 is 4.46. The molecule has 2 aliphatic rings. The molecule has 0 spiro atoms. The Morgan fingerprint density at radius 1 is 1.14 bits per heavy atom. The van der Waals surface area contributed by atoms with Crippen molar-refractivity contribution < 1.29 is 22.8 Å². The number of nitrogens with zero attached hydrogens (tertiary/aromatic N) is 6. The van der Waals surface area contributed by atoms with Gasteiger partial charge < -0.3 is 9.69 Å². The van der Waals surface area contributed by atoms with Crippen LogP contribution in [0.15, 0.2) is 35.1 Å². The van der Waals surface area contributed by atoms with Crippen LogP contribution in [0.2, 0.25) is 0 Å². The van der Waals surface area contributed by atoms with Crippen LogP contribution in [0.25, 0.3) is 11.3 Å². The highest BCUT2D eigenvalue weighted by molar-refractivity contribution is 9.10. The van der Waals surface area contributed by atoms with Crippen molar-refractivity contribution in [3.8, 4) is 11.3 Å². The number of hydrogen-bond donors (Lipinski definition) is 1. The maximum absolute atomic E-state index is 13.6. The summed E-state index contributed by atoms with van der Waals surface area (Å²) < 4.78 is 41.0. The Morgan fingerprint density at radius 3 is 2.57 bits per heavy atom. The summed E-state index contributed by atoms with van der Waals surface area (Å²) in [4.78, 5) is 44.4. The van der Waals surface area contributed by atoms with E-state index in [0.717, 1.165) is 75.4 Å². The molecular weight excluding hydrogens is 635 g/mol. The molecule has 2 aromatic heterocycles. The summed E-state index contributed by atoms with van der Waals surface area (Å²) in [5.41, 5.74) is 0.0703. The van der Waals surface area contributed by atoms with E-state index >= 15 is 0 Å². The fourth-order valence-corrected chi connectivity index (χ4v) is 6.74. The lowest BCUT2D eigenvalue weighted by molar-refractivity contribution is -0.137. The lowest BCUT2D eigenvalue weighted by atomic mass is 10.1. The molecule has 0 saturated carbocycles. The van der Waals surface area contributed by atoms with E-state index in [1.54, 1.807) is 12.3 Å². The SMILES string of the molecule is CC1CCCN1Cc1sc(NC(=O)c2cnc(N3CCN(CCC=O)CC3)cn2)nc1-c1cc(Br)cc(C(F)(F)F)c1. The minimum absolute atomic E-state index is 0.108. The van der Waals surface area contributed by atoms with Crippen molar-refractivity contribution in [2.75, 3.05) is 49.5 Å². The first-order chi connectivity index (χ1) is 20.1. The smallest absolute Gasteiger partial charge is 0.353 e. The van der Waals surface area contributed by atoms with Gasteiger partial charge in [-0.25, -0.2) is 15.0 Å². The van der Waals surface area contributed by atoms with Gasteiger partial charge in [0.15, 0.2) is 5.13 Å². The number of benzene rings is 1. The molecule has 224 valence electrons. The molecule has 1 amide bonds. The van der Waals surface area contributed by atoms with Crippen LogP contribution in [0, 0.1) is 0 Å². The van der Waals surface area contributed by atoms with Gasteiger partial charge in [-0.1, -0.05) is 27.3 Å². The van der Waals surface area contributed by atoms with Crippen LogP contribution < -0.4 is 10.2 Å². The van der Waals surface area contributed by atoms with E-state index in [1.165, 1.54) is 17.5 Å². The second kappa shape index (κ2) is 13.1. The van der Waals surface area contributed by atoms with E-state index in [4.69, 9.17) is 0 Å². The summed E-state index contributed by atoms with van der Waals surface area (Å²) in [6.07, 6.45) is 2.01. The average Bonchev–Trinajstić information content (AvgIpc) is 3.56. The summed E-state index contributed by atoms with van der Waals surface area (Å²) in [7, 11) is 0. The number of halogens is 4. The predicted molar refractivity (Wildman–Crippen MR) is 159 cm³/mol. The molecule has 1 atom stereocenters. The topological polar surface area (TPSA) is 94.6 Å². The number of anilines is 2. The number of carbonyl (C=O) groups is 2. The number of rotatable bonds is 9. The molecule has 9 nitrogen and oxygen atoms in total. The molecular formula is C28H31BrF3N7O2S. The van der Waals surface area contributed by atoms with E-state index in [-0.39, 0.29) is 10.8 Å². The van der Waals surface area contributed by atoms with Crippen molar-refractivity contribution in [1.82, 2.24) is 24.8 Å². The quantitative estimate of drug-likeness (QED) is 0.307. The largest absolute Gasteiger partial charge is 0.416 e. The van der Waals surface area contributed by atoms with E-state index in [0.29, 0.717) is 40.6 Å². The zero-order chi connectivity index (χ0) is 29.9. The van der Waals surface area contributed by atoms with Crippen molar-refractivity contribution in [1.29, 1.82) is 0 Å². The molecule has 42 heavy (non-hydrogen) atoms. The molecule has 2 saturated heterocycles. The third kappa shape index (κ3) is 7.33. The van der Waals surface area contributed by atoms with E-state index in [2.05, 4.69) is 57.8 Å². The molecule has 14 heteroatoms. The van der Waals surface area contributed by atoms with Gasteiger partial charge in [0, 0.05) is 66.6 Å². The van der Waals surface area contributed by atoms with Crippen molar-refractivity contribution >= 4 is 50.4 Å². The number of carbonyl (C=O) groups excluding carboxylic acids is 2. The molecule has 2 aliphatic heterocycles. The average molecular weight is 667 g/mol. The Bertz CT molecular complexity index is 1410. The predicted octanol–water partition coefficient (Wildman–Crippen LogP) is 5.33. The van der Waals surface area contributed by atoms with Gasteiger partial charge in [0.1, 0.15) is 17.8 Å². The standard InChI is InChI=1S/C28H31BrF3N7O2S/c1-18-4-2-6-39(18)17-23-25(19-12-20(28(30,31)32)14-21(29)13-19)35-27(42-23)36-26(41)22-15-34-24(16-33-22)38-9-7-37(8-10-38)5-3-11-40/h11-16,18H,2-10,17H2,1H3,(H,35,36,41). The highest BCUT2D eigenvalue weighted by Crippen LogP contribution is 2.39. The van der Waals surface area contributed by atoms with Gasteiger partial charge in [0.05, 0.1) is 23.7 Å². The first-order valence-corrected chi connectivity index (χ1v) is 15.4. The number of likely N-dealkylation sites (tertiary alicyclic amines) is 1. The molecule has 0 radical (unpaired) electrons. The van der Waals surface area contributed by atoms with Crippen molar-refractivity contribution in [3.63, 3.8) is 0 Å². The Labute approximate surface area is 254 Å². The van der Waals surface area contributed by atoms with E-state index < -0.39 is 17.6 Å². The third-order valence-electron chi connectivity index (χ3n) is 7.58. The van der Waals surface area contributed by atoms with Crippen LogP contribution in [-0.2, 0) is 17.5 Å². The normalized spacial score (nSPS) is 18.4. The molecule has 1 aromatic carbocycles. The molecule has 0 aliphatic carbocycles. The highest BCUT2D eigenvalue weighted by Gasteiger charge is 2.32. The molecule has 1 N–H and O–H groups in total. The van der Waals surface area contributed by atoms with Crippen LogP contribution in [0.4, 0.5) is 24.1 Å². The first kappa shape index (κ1) is 30.5. The highest BCUT2D eigenvalue weighted by atomic mass is 79.9. The van der Waals surface area contributed by atoms with E-state index in [9.17, 15) is 22.8 Å². The Morgan fingerprint density at radius 2 is 1.93 bits per heavy atom. The van der Waals surface area contributed by atoms with Crippen LogP contribution in [0.1, 0.15) is 47.1 Å². The zero-order valence-corrected chi connectivity index (χ0v) is 25.4. The lowest BCUT2D eigenvalue weighted by Crippen LogP contribution is -2.47. The van der Waals surface area contributed by atoms with E-state index in [1.807, 2.05) is 0 Å². The van der Waals surface area contributed by atoms with Gasteiger partial charge in [0.2, 0.25) is 0 Å². The first-order valence-electron chi connectivity index (χ1n) is 13.8. The molecule has 2 fully saturated rings. The number of aldehydes is 1. The van der Waals surface area contributed by atoms with Gasteiger partial charge in [-0.2, -0.15) is 13.2 Å². The number of hydrogen-bond acceptors (Lipinski definition) is 9. The number of piperazine rings is 1. The van der Waals surface area contributed by atoms with Gasteiger partial charge in [-0.05, 0) is 44.5 Å².